The number of amides is 1. The van der Waals surface area contributed by atoms with Crippen molar-refractivity contribution in [2.24, 2.45) is 0 Å². The molecule has 0 saturated heterocycles. The first-order chi connectivity index (χ1) is 14.9. The molecular formula is C22H16ClFN4O3. The number of carbonyl (C=O) groups is 1. The molecule has 9 heteroatoms. The fourth-order valence-corrected chi connectivity index (χ4v) is 3.12. The summed E-state index contributed by atoms with van der Waals surface area (Å²) in [4.78, 5) is 28.9. The van der Waals surface area contributed by atoms with E-state index in [9.17, 15) is 14.0 Å². The fraction of sp³-hybridized carbons (Fsp3) is 0.0909. The number of nitrogens with zero attached hydrogens (tertiary/aromatic N) is 3. The highest BCUT2D eigenvalue weighted by atomic mass is 35.5. The minimum atomic E-state index is -0.670. The smallest absolute Gasteiger partial charge is 0.259 e. The van der Waals surface area contributed by atoms with E-state index in [0.717, 1.165) is 17.2 Å². The van der Waals surface area contributed by atoms with Gasteiger partial charge < -0.3 is 14.4 Å². The van der Waals surface area contributed by atoms with Gasteiger partial charge in [-0.05, 0) is 37.3 Å². The lowest BCUT2D eigenvalue weighted by molar-refractivity contribution is -0.116. The summed E-state index contributed by atoms with van der Waals surface area (Å²) in [5.41, 5.74) is 1.89. The second kappa shape index (κ2) is 8.53. The molecule has 0 radical (unpaired) electrons. The average molecular weight is 439 g/mol. The molecule has 0 bridgehead atoms. The Balaban J connectivity index is 1.55. The molecule has 1 N–H and O–H groups in total. The van der Waals surface area contributed by atoms with Crippen LogP contribution in [0, 0.1) is 12.7 Å². The van der Waals surface area contributed by atoms with E-state index in [2.05, 4.69) is 15.5 Å². The number of hydrogen-bond donors (Lipinski definition) is 1. The van der Waals surface area contributed by atoms with Crippen LogP contribution in [0.4, 0.5) is 10.1 Å². The standard InChI is InChI=1S/C22H16ClFN4O3/c1-13-3-2-4-14(9-13)21-26-22(31-27-21)15-5-8-20(30)28(11-15)12-19(29)25-18-7-6-16(23)10-17(18)24/h2-11H,12H2,1H3,(H,25,29). The maximum absolute atomic E-state index is 13.9. The molecular weight excluding hydrogens is 423 g/mol. The summed E-state index contributed by atoms with van der Waals surface area (Å²) >= 11 is 5.71. The van der Waals surface area contributed by atoms with Crippen LogP contribution in [0.5, 0.6) is 0 Å². The fourth-order valence-electron chi connectivity index (χ4n) is 2.96. The normalized spacial score (nSPS) is 10.8. The number of rotatable bonds is 5. The van der Waals surface area contributed by atoms with Crippen molar-refractivity contribution in [2.75, 3.05) is 5.32 Å². The molecule has 7 nitrogen and oxygen atoms in total. The number of halogens is 2. The molecule has 156 valence electrons. The van der Waals surface area contributed by atoms with Crippen LogP contribution in [-0.4, -0.2) is 20.6 Å². The first-order valence-electron chi connectivity index (χ1n) is 9.25. The largest absolute Gasteiger partial charge is 0.334 e. The number of hydrogen-bond acceptors (Lipinski definition) is 5. The predicted molar refractivity (Wildman–Crippen MR) is 114 cm³/mol. The summed E-state index contributed by atoms with van der Waals surface area (Å²) in [6.45, 7) is 1.63. The van der Waals surface area contributed by atoms with E-state index in [0.29, 0.717) is 11.4 Å². The van der Waals surface area contributed by atoms with Crippen LogP contribution in [0.15, 0.2) is 70.1 Å². The minimum Gasteiger partial charge on any atom is -0.334 e. The van der Waals surface area contributed by atoms with Crippen molar-refractivity contribution in [1.82, 2.24) is 14.7 Å². The van der Waals surface area contributed by atoms with Crippen LogP contribution >= 0.6 is 11.6 Å². The Morgan fingerprint density at radius 2 is 2.00 bits per heavy atom. The van der Waals surface area contributed by atoms with E-state index < -0.39 is 17.3 Å². The highest BCUT2D eigenvalue weighted by molar-refractivity contribution is 6.30. The predicted octanol–water partition coefficient (Wildman–Crippen LogP) is 4.30. The Hall–Kier alpha value is -3.78. The summed E-state index contributed by atoms with van der Waals surface area (Å²) in [6, 6.07) is 14.4. The molecule has 0 aliphatic heterocycles. The van der Waals surface area contributed by atoms with Gasteiger partial charge in [0, 0.05) is 22.8 Å². The molecule has 0 fully saturated rings. The lowest BCUT2D eigenvalue weighted by Crippen LogP contribution is -2.27. The third-order valence-electron chi connectivity index (χ3n) is 4.45. The topological polar surface area (TPSA) is 90.0 Å². The van der Waals surface area contributed by atoms with Gasteiger partial charge in [-0.15, -0.1) is 0 Å². The highest BCUT2D eigenvalue weighted by Crippen LogP contribution is 2.22. The number of pyridine rings is 1. The summed E-state index contributed by atoms with van der Waals surface area (Å²) in [7, 11) is 0. The highest BCUT2D eigenvalue weighted by Gasteiger charge is 2.14. The van der Waals surface area contributed by atoms with Crippen molar-refractivity contribution >= 4 is 23.2 Å². The van der Waals surface area contributed by atoms with Crippen LogP contribution in [0.3, 0.4) is 0 Å². The third kappa shape index (κ3) is 4.70. The molecule has 0 atom stereocenters. The third-order valence-corrected chi connectivity index (χ3v) is 4.69. The van der Waals surface area contributed by atoms with Gasteiger partial charge in [-0.25, -0.2) is 4.39 Å². The number of aromatic nitrogens is 3. The van der Waals surface area contributed by atoms with E-state index in [4.69, 9.17) is 16.1 Å². The maximum Gasteiger partial charge on any atom is 0.259 e. The minimum absolute atomic E-state index is 0.0294. The molecule has 4 aromatic rings. The van der Waals surface area contributed by atoms with Crippen molar-refractivity contribution in [2.45, 2.75) is 13.5 Å². The van der Waals surface area contributed by atoms with Gasteiger partial charge in [0.15, 0.2) is 0 Å². The van der Waals surface area contributed by atoms with Crippen LogP contribution in [0.1, 0.15) is 5.56 Å². The number of nitrogens with one attached hydrogen (secondary N) is 1. The molecule has 0 unspecified atom stereocenters. The summed E-state index contributed by atoms with van der Waals surface area (Å²) < 4.78 is 20.4. The van der Waals surface area contributed by atoms with E-state index in [1.54, 1.807) is 0 Å². The van der Waals surface area contributed by atoms with Gasteiger partial charge in [-0.2, -0.15) is 4.98 Å². The zero-order chi connectivity index (χ0) is 22.0. The first kappa shape index (κ1) is 20.5. The van der Waals surface area contributed by atoms with Crippen molar-refractivity contribution in [3.63, 3.8) is 0 Å². The molecule has 2 aromatic heterocycles. The van der Waals surface area contributed by atoms with Gasteiger partial charge in [0.2, 0.25) is 11.7 Å². The number of anilines is 1. The second-order valence-electron chi connectivity index (χ2n) is 6.85. The molecule has 0 spiro atoms. The van der Waals surface area contributed by atoms with E-state index >= 15 is 0 Å². The maximum atomic E-state index is 13.9. The lowest BCUT2D eigenvalue weighted by Gasteiger charge is -2.09. The zero-order valence-electron chi connectivity index (χ0n) is 16.3. The first-order valence-corrected chi connectivity index (χ1v) is 9.63. The average Bonchev–Trinajstić information content (AvgIpc) is 3.22. The molecule has 0 aliphatic rings. The molecule has 4 rings (SSSR count). The van der Waals surface area contributed by atoms with Gasteiger partial charge in [0.05, 0.1) is 11.3 Å². The summed E-state index contributed by atoms with van der Waals surface area (Å²) in [5, 5.41) is 6.62. The molecule has 2 aromatic carbocycles. The van der Waals surface area contributed by atoms with Gasteiger partial charge >= 0.3 is 0 Å². The van der Waals surface area contributed by atoms with Crippen molar-refractivity contribution in [3.8, 4) is 22.8 Å². The summed E-state index contributed by atoms with van der Waals surface area (Å²) in [5.74, 6) is -0.634. The SMILES string of the molecule is Cc1cccc(-c2noc(-c3ccc(=O)n(CC(=O)Nc4ccc(Cl)cc4F)c3)n2)c1. The van der Waals surface area contributed by atoms with Crippen LogP contribution < -0.4 is 10.9 Å². The van der Waals surface area contributed by atoms with E-state index in [1.165, 1.54) is 35.0 Å². The Morgan fingerprint density at radius 3 is 2.77 bits per heavy atom. The van der Waals surface area contributed by atoms with Gasteiger partial charge in [0.1, 0.15) is 12.4 Å². The number of aryl methyl sites for hydroxylation is 1. The van der Waals surface area contributed by atoms with Crippen LogP contribution in [0.25, 0.3) is 22.8 Å². The van der Waals surface area contributed by atoms with Crippen LogP contribution in [-0.2, 0) is 11.3 Å². The summed E-state index contributed by atoms with van der Waals surface area (Å²) in [6.07, 6.45) is 1.44. The molecule has 31 heavy (non-hydrogen) atoms. The second-order valence-corrected chi connectivity index (χ2v) is 7.29. The Morgan fingerprint density at radius 1 is 1.16 bits per heavy atom. The van der Waals surface area contributed by atoms with E-state index in [1.807, 2.05) is 31.2 Å². The molecule has 2 heterocycles. The Labute approximate surface area is 181 Å². The lowest BCUT2D eigenvalue weighted by atomic mass is 10.1. The monoisotopic (exact) mass is 438 g/mol. The van der Waals surface area contributed by atoms with Gasteiger partial charge in [-0.3, -0.25) is 9.59 Å². The quantitative estimate of drug-likeness (QED) is 0.501. The Bertz CT molecular complexity index is 1330. The molecule has 0 saturated carbocycles. The van der Waals surface area contributed by atoms with Crippen molar-refractivity contribution in [1.29, 1.82) is 0 Å². The molecule has 0 aliphatic carbocycles. The van der Waals surface area contributed by atoms with Crippen LogP contribution in [0.2, 0.25) is 5.02 Å². The number of benzene rings is 2. The van der Waals surface area contributed by atoms with E-state index in [-0.39, 0.29) is 23.1 Å². The van der Waals surface area contributed by atoms with Gasteiger partial charge in [0.25, 0.3) is 11.4 Å². The zero-order valence-corrected chi connectivity index (χ0v) is 17.1. The Kier molecular flexibility index (Phi) is 5.64. The number of carbonyl (C=O) groups excluding carboxylic acids is 1. The van der Waals surface area contributed by atoms with Crippen molar-refractivity contribution < 1.29 is 13.7 Å². The van der Waals surface area contributed by atoms with Crippen molar-refractivity contribution in [3.05, 3.63) is 87.6 Å². The molecule has 1 amide bonds. The van der Waals surface area contributed by atoms with Gasteiger partial charge in [-0.1, -0.05) is 40.5 Å².